The summed E-state index contributed by atoms with van der Waals surface area (Å²) in [7, 11) is 1.57. The number of rotatable bonds is 6. The average molecular weight is 454 g/mol. The van der Waals surface area contributed by atoms with Crippen molar-refractivity contribution < 1.29 is 29.3 Å². The summed E-state index contributed by atoms with van der Waals surface area (Å²) in [5.74, 6) is -2.66. The Bertz CT molecular complexity index is 964. The van der Waals surface area contributed by atoms with Crippen LogP contribution >= 0.6 is 11.6 Å². The van der Waals surface area contributed by atoms with Crippen LogP contribution in [0.5, 0.6) is 0 Å². The number of benzene rings is 1. The molecule has 4 N–H and O–H groups in total. The number of aliphatic hydroxyl groups is 3. The Labute approximate surface area is 184 Å². The number of nitrogens with one attached hydrogen (secondary N) is 1. The first-order valence-corrected chi connectivity index (χ1v) is 10.3. The van der Waals surface area contributed by atoms with Crippen molar-refractivity contribution in [2.45, 2.75) is 38.5 Å². The van der Waals surface area contributed by atoms with E-state index in [1.54, 1.807) is 7.05 Å². The quantitative estimate of drug-likeness (QED) is 0.518. The molecule has 2 atom stereocenters. The van der Waals surface area contributed by atoms with Crippen molar-refractivity contribution in [3.8, 4) is 0 Å². The molecule has 0 aliphatic carbocycles. The van der Waals surface area contributed by atoms with E-state index in [4.69, 9.17) is 11.6 Å². The first kappa shape index (κ1) is 23.1. The molecule has 0 spiro atoms. The molecule has 168 valence electrons. The van der Waals surface area contributed by atoms with Crippen LogP contribution in [0.25, 0.3) is 0 Å². The fraction of sp³-hybridized carbons (Fsp3) is 0.429. The van der Waals surface area contributed by atoms with Crippen molar-refractivity contribution in [2.24, 2.45) is 0 Å². The van der Waals surface area contributed by atoms with Gasteiger partial charge in [0.25, 0.3) is 11.8 Å². The summed E-state index contributed by atoms with van der Waals surface area (Å²) in [6.07, 6.45) is -2.01. The van der Waals surface area contributed by atoms with Crippen molar-refractivity contribution in [2.75, 3.05) is 20.1 Å². The van der Waals surface area contributed by atoms with Gasteiger partial charge in [0.1, 0.15) is 17.6 Å². The summed E-state index contributed by atoms with van der Waals surface area (Å²) in [6.45, 7) is 2.29. The zero-order valence-electron chi connectivity index (χ0n) is 17.2. The molecule has 0 saturated carbocycles. The van der Waals surface area contributed by atoms with Gasteiger partial charge in [0.15, 0.2) is 5.76 Å². The van der Waals surface area contributed by atoms with Crippen molar-refractivity contribution in [3.63, 3.8) is 0 Å². The lowest BCUT2D eigenvalue weighted by Crippen LogP contribution is -2.44. The zero-order valence-corrected chi connectivity index (χ0v) is 18.0. The minimum absolute atomic E-state index is 0.0580. The number of aliphatic hydroxyl groups excluding tert-OH is 3. The fourth-order valence-corrected chi connectivity index (χ4v) is 4.02. The van der Waals surface area contributed by atoms with E-state index < -0.39 is 35.6 Å². The van der Waals surface area contributed by atoms with Crippen LogP contribution in [0.2, 0.25) is 5.02 Å². The van der Waals surface area contributed by atoms with Crippen LogP contribution in [0.4, 0.5) is 4.39 Å². The Kier molecular flexibility index (Phi) is 6.88. The number of nitrogens with zero attached hydrogens (tertiary/aromatic N) is 2. The first-order chi connectivity index (χ1) is 14.7. The van der Waals surface area contributed by atoms with Gasteiger partial charge < -0.3 is 30.4 Å². The smallest absolute Gasteiger partial charge is 0.273 e. The van der Waals surface area contributed by atoms with E-state index in [-0.39, 0.29) is 47.1 Å². The van der Waals surface area contributed by atoms with Crippen LogP contribution < -0.4 is 5.32 Å². The predicted molar refractivity (Wildman–Crippen MR) is 111 cm³/mol. The highest BCUT2D eigenvalue weighted by Crippen LogP contribution is 2.37. The van der Waals surface area contributed by atoms with E-state index >= 15 is 0 Å². The highest BCUT2D eigenvalue weighted by atomic mass is 35.5. The number of hydrogen-bond donors (Lipinski definition) is 4. The van der Waals surface area contributed by atoms with Crippen molar-refractivity contribution in [1.82, 2.24) is 15.1 Å². The lowest BCUT2D eigenvalue weighted by atomic mass is 9.96. The SMILES string of the molecule is CCCN(C)C(=O)C1=C(O)C(O)C(C(=O)NCc2cccc(Cl)c2F)=C2C(O)CCN12. The average Bonchev–Trinajstić information content (AvgIpc) is 3.10. The van der Waals surface area contributed by atoms with Crippen LogP contribution in [-0.4, -0.2) is 69.3 Å². The van der Waals surface area contributed by atoms with Gasteiger partial charge in [0.05, 0.1) is 22.4 Å². The number of carbonyl (C=O) groups excluding carboxylic acids is 2. The van der Waals surface area contributed by atoms with Crippen LogP contribution in [0.1, 0.15) is 25.3 Å². The maximum absolute atomic E-state index is 14.1. The monoisotopic (exact) mass is 453 g/mol. The minimum Gasteiger partial charge on any atom is -0.507 e. The highest BCUT2D eigenvalue weighted by molar-refractivity contribution is 6.30. The van der Waals surface area contributed by atoms with Gasteiger partial charge in [-0.1, -0.05) is 30.7 Å². The lowest BCUT2D eigenvalue weighted by Gasteiger charge is -2.34. The molecular formula is C21H25ClFN3O5. The summed E-state index contributed by atoms with van der Waals surface area (Å²) >= 11 is 5.75. The summed E-state index contributed by atoms with van der Waals surface area (Å²) < 4.78 is 14.1. The Morgan fingerprint density at radius 1 is 1.35 bits per heavy atom. The maximum atomic E-state index is 14.1. The Hall–Kier alpha value is -2.62. The molecule has 3 rings (SSSR count). The molecule has 2 aliphatic heterocycles. The maximum Gasteiger partial charge on any atom is 0.273 e. The third kappa shape index (κ3) is 4.26. The van der Waals surface area contributed by atoms with Gasteiger partial charge in [-0.05, 0) is 18.9 Å². The highest BCUT2D eigenvalue weighted by Gasteiger charge is 2.45. The molecule has 2 unspecified atom stereocenters. The third-order valence-corrected chi connectivity index (χ3v) is 5.67. The number of fused-ring (bicyclic) bond motifs is 1. The van der Waals surface area contributed by atoms with Crippen LogP contribution in [-0.2, 0) is 16.1 Å². The summed E-state index contributed by atoms with van der Waals surface area (Å²) in [5.41, 5.74) is -0.243. The standard InChI is InChI=1S/C21H25ClFN3O5/c1-3-8-25(2)21(31)17-19(29)18(28)14(16-13(27)7-9-26(16)17)20(30)24-10-11-5-4-6-12(22)15(11)23/h4-6,13,18,27-29H,3,7-10H2,1-2H3,(H,24,30). The summed E-state index contributed by atoms with van der Waals surface area (Å²) in [5, 5.41) is 34.1. The fourth-order valence-electron chi connectivity index (χ4n) is 3.83. The number of likely N-dealkylation sites (N-methyl/N-ethyl adjacent to an activating group) is 1. The molecule has 2 aliphatic rings. The largest absolute Gasteiger partial charge is 0.507 e. The number of carbonyl (C=O) groups is 2. The zero-order chi connectivity index (χ0) is 22.9. The van der Waals surface area contributed by atoms with E-state index in [9.17, 15) is 29.3 Å². The molecule has 2 heterocycles. The molecule has 2 amide bonds. The molecule has 0 aromatic heterocycles. The first-order valence-electron chi connectivity index (χ1n) is 9.96. The van der Waals surface area contributed by atoms with Gasteiger partial charge in [0.2, 0.25) is 0 Å². The van der Waals surface area contributed by atoms with Gasteiger partial charge in [-0.15, -0.1) is 0 Å². The normalized spacial score (nSPS) is 20.8. The van der Waals surface area contributed by atoms with Crippen LogP contribution in [0.15, 0.2) is 40.9 Å². The molecule has 1 saturated heterocycles. The number of halogens is 2. The van der Waals surface area contributed by atoms with Crippen LogP contribution in [0.3, 0.4) is 0 Å². The second kappa shape index (κ2) is 9.25. The van der Waals surface area contributed by atoms with Crippen molar-refractivity contribution in [1.29, 1.82) is 0 Å². The van der Waals surface area contributed by atoms with E-state index in [1.807, 2.05) is 6.92 Å². The second-order valence-electron chi connectivity index (χ2n) is 7.51. The van der Waals surface area contributed by atoms with Gasteiger partial charge in [-0.25, -0.2) is 4.39 Å². The Balaban J connectivity index is 1.91. The van der Waals surface area contributed by atoms with E-state index in [0.29, 0.717) is 13.0 Å². The summed E-state index contributed by atoms with van der Waals surface area (Å²) in [4.78, 5) is 28.5. The molecule has 10 heteroatoms. The number of hydrogen-bond acceptors (Lipinski definition) is 6. The molecule has 0 bridgehead atoms. The van der Waals surface area contributed by atoms with Gasteiger partial charge >= 0.3 is 0 Å². The predicted octanol–water partition coefficient (Wildman–Crippen LogP) is 1.43. The molecule has 0 radical (unpaired) electrons. The topological polar surface area (TPSA) is 113 Å². The van der Waals surface area contributed by atoms with E-state index in [0.717, 1.165) is 0 Å². The molecule has 1 aromatic rings. The Morgan fingerprint density at radius 2 is 2.06 bits per heavy atom. The minimum atomic E-state index is -1.81. The van der Waals surface area contributed by atoms with Gasteiger partial charge in [-0.3, -0.25) is 9.59 Å². The van der Waals surface area contributed by atoms with Crippen molar-refractivity contribution in [3.05, 3.63) is 57.3 Å². The number of amides is 2. The second-order valence-corrected chi connectivity index (χ2v) is 7.92. The van der Waals surface area contributed by atoms with E-state index in [1.165, 1.54) is 28.0 Å². The lowest BCUT2D eigenvalue weighted by molar-refractivity contribution is -0.128. The molecule has 31 heavy (non-hydrogen) atoms. The molecule has 1 aromatic carbocycles. The molecular weight excluding hydrogens is 429 g/mol. The van der Waals surface area contributed by atoms with Gasteiger partial charge in [0, 0.05) is 32.2 Å². The third-order valence-electron chi connectivity index (χ3n) is 5.38. The Morgan fingerprint density at radius 3 is 2.74 bits per heavy atom. The van der Waals surface area contributed by atoms with Gasteiger partial charge in [-0.2, -0.15) is 0 Å². The van der Waals surface area contributed by atoms with Crippen molar-refractivity contribution >= 4 is 23.4 Å². The summed E-state index contributed by atoms with van der Waals surface area (Å²) in [6, 6.07) is 4.36. The van der Waals surface area contributed by atoms with E-state index in [2.05, 4.69) is 5.32 Å². The van der Waals surface area contributed by atoms with Crippen LogP contribution in [0, 0.1) is 5.82 Å². The molecule has 1 fully saturated rings. The molecule has 8 nitrogen and oxygen atoms in total.